The van der Waals surface area contributed by atoms with Gasteiger partial charge < -0.3 is 14.5 Å². The molecule has 0 saturated carbocycles. The molecular weight excluding hydrogens is 336 g/mol. The van der Waals surface area contributed by atoms with Gasteiger partial charge in [0.2, 0.25) is 0 Å². The van der Waals surface area contributed by atoms with Crippen LogP contribution in [-0.2, 0) is 14.9 Å². The van der Waals surface area contributed by atoms with E-state index in [0.29, 0.717) is 38.6 Å². The molecule has 0 atom stereocenters. The maximum absolute atomic E-state index is 11.7. The van der Waals surface area contributed by atoms with E-state index in [1.54, 1.807) is 24.0 Å². The Labute approximate surface area is 141 Å². The maximum Gasteiger partial charge on any atom is 0.409 e. The Morgan fingerprint density at radius 1 is 1.25 bits per heavy atom. The Morgan fingerprint density at radius 2 is 1.92 bits per heavy atom. The Balaban J connectivity index is 1.94. The quantitative estimate of drug-likeness (QED) is 0.787. The molecule has 1 amide bonds. The highest BCUT2D eigenvalue weighted by atomic mass is 32.2. The predicted molar refractivity (Wildman–Crippen MR) is 89.1 cm³/mol. The molecule has 11 heteroatoms. The molecule has 10 nitrogen and oxygen atoms in total. The Kier molecular flexibility index (Phi) is 5.78. The monoisotopic (exact) mass is 358 g/mol. The number of anilines is 2. The zero-order valence-corrected chi connectivity index (χ0v) is 14.8. The van der Waals surface area contributed by atoms with Crippen molar-refractivity contribution in [3.05, 3.63) is 12.1 Å². The van der Waals surface area contributed by atoms with E-state index < -0.39 is 10.2 Å². The lowest BCUT2D eigenvalue weighted by Gasteiger charge is -2.34. The van der Waals surface area contributed by atoms with Crippen molar-refractivity contribution in [2.75, 3.05) is 56.5 Å². The van der Waals surface area contributed by atoms with E-state index in [1.807, 2.05) is 4.90 Å². The fourth-order valence-corrected chi connectivity index (χ4v) is 2.66. The van der Waals surface area contributed by atoms with Crippen LogP contribution in [0.15, 0.2) is 12.1 Å². The maximum atomic E-state index is 11.7. The second-order valence-corrected chi connectivity index (χ2v) is 7.22. The third kappa shape index (κ3) is 4.45. The van der Waals surface area contributed by atoms with Crippen LogP contribution in [0.5, 0.6) is 0 Å². The second kappa shape index (κ2) is 7.62. The van der Waals surface area contributed by atoms with Gasteiger partial charge in [-0.3, -0.25) is 4.72 Å². The van der Waals surface area contributed by atoms with Gasteiger partial charge in [-0.15, -0.1) is 10.2 Å². The molecule has 0 unspecified atom stereocenters. The van der Waals surface area contributed by atoms with Crippen LogP contribution in [0.25, 0.3) is 0 Å². The summed E-state index contributed by atoms with van der Waals surface area (Å²) in [6.07, 6.45) is -0.309. The van der Waals surface area contributed by atoms with Gasteiger partial charge in [0, 0.05) is 40.3 Å². The number of rotatable bonds is 5. The highest BCUT2D eigenvalue weighted by Crippen LogP contribution is 2.15. The number of carbonyl (C=O) groups excluding carboxylic acids is 1. The first-order valence-corrected chi connectivity index (χ1v) is 8.98. The summed E-state index contributed by atoms with van der Waals surface area (Å²) in [5.41, 5.74) is 0. The molecule has 0 aliphatic carbocycles. The second-order valence-electron chi connectivity index (χ2n) is 5.34. The van der Waals surface area contributed by atoms with Gasteiger partial charge in [0.05, 0.1) is 6.61 Å². The highest BCUT2D eigenvalue weighted by Gasteiger charge is 2.23. The molecule has 24 heavy (non-hydrogen) atoms. The smallest absolute Gasteiger partial charge is 0.409 e. The van der Waals surface area contributed by atoms with Crippen molar-refractivity contribution in [3.8, 4) is 0 Å². The number of hydrogen-bond acceptors (Lipinski definition) is 7. The predicted octanol–water partition coefficient (Wildman–Crippen LogP) is -0.0266. The third-order valence-electron chi connectivity index (χ3n) is 3.49. The molecule has 1 aromatic rings. The van der Waals surface area contributed by atoms with Gasteiger partial charge in [-0.05, 0) is 19.1 Å². The van der Waals surface area contributed by atoms with Gasteiger partial charge in [-0.1, -0.05) is 0 Å². The van der Waals surface area contributed by atoms with Crippen LogP contribution >= 0.6 is 0 Å². The first kappa shape index (κ1) is 18.2. The lowest BCUT2D eigenvalue weighted by molar-refractivity contribution is 0.105. The molecule has 0 aromatic carbocycles. The number of amides is 1. The van der Waals surface area contributed by atoms with Crippen molar-refractivity contribution in [2.45, 2.75) is 6.92 Å². The summed E-state index contributed by atoms with van der Waals surface area (Å²) in [6.45, 7) is 4.42. The van der Waals surface area contributed by atoms with Crippen LogP contribution in [0.3, 0.4) is 0 Å². The lowest BCUT2D eigenvalue weighted by atomic mass is 10.3. The molecule has 0 spiro atoms. The van der Waals surface area contributed by atoms with Crippen LogP contribution in [0.4, 0.5) is 16.4 Å². The topological polar surface area (TPSA) is 108 Å². The summed E-state index contributed by atoms with van der Waals surface area (Å²) in [4.78, 5) is 15.3. The SMILES string of the molecule is CCOC(=O)N1CCN(c2ccc(NS(=O)(=O)N(C)C)nn2)CC1. The van der Waals surface area contributed by atoms with Crippen LogP contribution in [-0.4, -0.2) is 80.8 Å². The first-order chi connectivity index (χ1) is 11.3. The molecule has 2 rings (SSSR count). The van der Waals surface area contributed by atoms with Crippen LogP contribution < -0.4 is 9.62 Å². The standard InChI is InChI=1S/C13H22N6O4S/c1-4-23-13(20)19-9-7-18(8-10-19)12-6-5-11(14-15-12)16-24(21,22)17(2)3/h5-6H,4,7-10H2,1-3H3,(H,14,16). The third-order valence-corrected chi connectivity index (χ3v) is 4.92. The average molecular weight is 358 g/mol. The largest absolute Gasteiger partial charge is 0.450 e. The van der Waals surface area contributed by atoms with Gasteiger partial charge in [-0.2, -0.15) is 12.7 Å². The summed E-state index contributed by atoms with van der Waals surface area (Å²) in [7, 11) is -0.755. The summed E-state index contributed by atoms with van der Waals surface area (Å²) >= 11 is 0. The van der Waals surface area contributed by atoms with E-state index in [-0.39, 0.29) is 11.9 Å². The zero-order valence-electron chi connectivity index (χ0n) is 14.0. The zero-order chi connectivity index (χ0) is 17.7. The number of aromatic nitrogens is 2. The van der Waals surface area contributed by atoms with E-state index >= 15 is 0 Å². The van der Waals surface area contributed by atoms with Crippen LogP contribution in [0.1, 0.15) is 6.92 Å². The molecule has 1 saturated heterocycles. The van der Waals surface area contributed by atoms with E-state index in [1.165, 1.54) is 14.1 Å². The summed E-state index contributed by atoms with van der Waals surface area (Å²) < 4.78 is 31.8. The molecule has 0 radical (unpaired) electrons. The minimum absolute atomic E-state index is 0.151. The number of nitrogens with one attached hydrogen (secondary N) is 1. The van der Waals surface area contributed by atoms with E-state index in [2.05, 4.69) is 14.9 Å². The first-order valence-electron chi connectivity index (χ1n) is 7.54. The van der Waals surface area contributed by atoms with Crippen molar-refractivity contribution < 1.29 is 17.9 Å². The number of piperazine rings is 1. The Morgan fingerprint density at radius 3 is 2.42 bits per heavy atom. The minimum Gasteiger partial charge on any atom is -0.450 e. The summed E-state index contributed by atoms with van der Waals surface area (Å²) in [5.74, 6) is 0.781. The fraction of sp³-hybridized carbons (Fsp3) is 0.615. The van der Waals surface area contributed by atoms with Gasteiger partial charge in [0.1, 0.15) is 0 Å². The molecule has 1 N–H and O–H groups in total. The summed E-state index contributed by atoms with van der Waals surface area (Å²) in [6, 6.07) is 3.25. The van der Waals surface area contributed by atoms with E-state index in [4.69, 9.17) is 4.74 Å². The number of carbonyl (C=O) groups is 1. The van der Waals surface area contributed by atoms with E-state index in [0.717, 1.165) is 4.31 Å². The molecule has 2 heterocycles. The Hall–Kier alpha value is -2.14. The summed E-state index contributed by atoms with van der Waals surface area (Å²) in [5, 5.41) is 7.94. The molecule has 134 valence electrons. The van der Waals surface area contributed by atoms with Gasteiger partial charge >= 0.3 is 16.3 Å². The molecular formula is C13H22N6O4S. The normalized spacial score (nSPS) is 15.5. The minimum atomic E-state index is -3.60. The molecule has 0 bridgehead atoms. The molecule has 1 aromatic heterocycles. The number of ether oxygens (including phenoxy) is 1. The average Bonchev–Trinajstić information content (AvgIpc) is 2.55. The Bertz CT molecular complexity index is 656. The molecule has 1 fully saturated rings. The fourth-order valence-electron chi connectivity index (χ4n) is 2.10. The van der Waals surface area contributed by atoms with Crippen LogP contribution in [0.2, 0.25) is 0 Å². The van der Waals surface area contributed by atoms with Gasteiger partial charge in [0.15, 0.2) is 11.6 Å². The van der Waals surface area contributed by atoms with Gasteiger partial charge in [0.25, 0.3) is 0 Å². The van der Waals surface area contributed by atoms with Crippen molar-refractivity contribution in [1.29, 1.82) is 0 Å². The molecule has 1 aliphatic rings. The van der Waals surface area contributed by atoms with Crippen molar-refractivity contribution in [2.24, 2.45) is 0 Å². The lowest BCUT2D eigenvalue weighted by Crippen LogP contribution is -2.49. The van der Waals surface area contributed by atoms with Crippen LogP contribution in [0, 0.1) is 0 Å². The van der Waals surface area contributed by atoms with Crippen molar-refractivity contribution in [1.82, 2.24) is 19.4 Å². The number of nitrogens with zero attached hydrogens (tertiary/aromatic N) is 5. The van der Waals surface area contributed by atoms with Crippen molar-refractivity contribution in [3.63, 3.8) is 0 Å². The number of hydrogen-bond donors (Lipinski definition) is 1. The molecule has 1 aliphatic heterocycles. The van der Waals surface area contributed by atoms with Gasteiger partial charge in [-0.25, -0.2) is 4.79 Å². The highest BCUT2D eigenvalue weighted by molar-refractivity contribution is 7.90. The van der Waals surface area contributed by atoms with Crippen molar-refractivity contribution >= 4 is 27.9 Å². The van der Waals surface area contributed by atoms with E-state index in [9.17, 15) is 13.2 Å².